The molecule has 3 N–H and O–H groups in total. The third-order valence-corrected chi connectivity index (χ3v) is 18.2. The van der Waals surface area contributed by atoms with E-state index in [1.54, 1.807) is 0 Å². The van der Waals surface area contributed by atoms with Crippen molar-refractivity contribution in [2.24, 2.45) is 0 Å². The fraction of sp³-hybridized carbons (Fsp3) is 0.618. The fourth-order valence-electron chi connectivity index (χ4n) is 10.2. The van der Waals surface area contributed by atoms with Gasteiger partial charge in [0.05, 0.1) is 26.4 Å². The minimum atomic E-state index is -5.01. The van der Waals surface area contributed by atoms with Crippen LogP contribution in [0.25, 0.3) is 0 Å². The molecule has 0 saturated carbocycles. The summed E-state index contributed by atoms with van der Waals surface area (Å²) in [5.74, 6) is -2.32. The molecule has 0 radical (unpaired) electrons. The average Bonchev–Trinajstić information content (AvgIpc) is 0.916. The topological polar surface area (TPSA) is 237 Å². The number of hydrogen-bond acceptors (Lipinski definition) is 15. The minimum Gasteiger partial charge on any atom is -0.462 e. The van der Waals surface area contributed by atoms with E-state index < -0.39 is 97.5 Å². The lowest BCUT2D eigenvalue weighted by Crippen LogP contribution is -2.30. The summed E-state index contributed by atoms with van der Waals surface area (Å²) < 4.78 is 68.6. The van der Waals surface area contributed by atoms with Crippen LogP contribution in [0.15, 0.2) is 182 Å². The Bertz CT molecular complexity index is 2760. The van der Waals surface area contributed by atoms with Gasteiger partial charge in [0.2, 0.25) is 0 Å². The molecule has 0 rings (SSSR count). The highest BCUT2D eigenvalue weighted by Gasteiger charge is 2.30. The zero-order chi connectivity index (χ0) is 78.9. The molecule has 0 aromatic rings. The van der Waals surface area contributed by atoms with Crippen LogP contribution in [0.3, 0.4) is 0 Å². The number of aliphatic hydroxyl groups is 1. The number of hydrogen-bond donors (Lipinski definition) is 3. The summed E-state index contributed by atoms with van der Waals surface area (Å²) in [5.41, 5.74) is 0. The smallest absolute Gasteiger partial charge is 0.462 e. The summed E-state index contributed by atoms with van der Waals surface area (Å²) in [7, 11) is -10.0. The lowest BCUT2D eigenvalue weighted by molar-refractivity contribution is -0.161. The van der Waals surface area contributed by atoms with Gasteiger partial charge in [0.1, 0.15) is 19.3 Å². The lowest BCUT2D eigenvalue weighted by Gasteiger charge is -2.21. The van der Waals surface area contributed by atoms with Crippen LogP contribution in [0.1, 0.15) is 297 Å². The van der Waals surface area contributed by atoms with Gasteiger partial charge in [0.15, 0.2) is 12.2 Å². The first-order valence-electron chi connectivity index (χ1n) is 41.0. The quantitative estimate of drug-likeness (QED) is 0.0169. The molecule has 0 aliphatic heterocycles. The van der Waals surface area contributed by atoms with Crippen LogP contribution in [-0.2, 0) is 65.4 Å². The maximum Gasteiger partial charge on any atom is 0.472 e. The van der Waals surface area contributed by atoms with Crippen molar-refractivity contribution < 1.29 is 80.2 Å². The molecule has 5 atom stereocenters. The number of phosphoric acid groups is 2. The van der Waals surface area contributed by atoms with Crippen LogP contribution in [0, 0.1) is 0 Å². The molecule has 0 bridgehead atoms. The molecule has 17 nitrogen and oxygen atoms in total. The van der Waals surface area contributed by atoms with Gasteiger partial charge < -0.3 is 33.8 Å². The van der Waals surface area contributed by atoms with Gasteiger partial charge in [-0.05, 0) is 173 Å². The molecule has 0 aromatic heterocycles. The predicted octanol–water partition coefficient (Wildman–Crippen LogP) is 24.3. The van der Waals surface area contributed by atoms with E-state index in [9.17, 15) is 43.2 Å². The average molecular weight is 1550 g/mol. The van der Waals surface area contributed by atoms with Gasteiger partial charge in [0, 0.05) is 25.7 Å². The van der Waals surface area contributed by atoms with Crippen molar-refractivity contribution in [3.05, 3.63) is 182 Å². The number of carbonyl (C=O) groups is 4. The van der Waals surface area contributed by atoms with E-state index >= 15 is 0 Å². The highest BCUT2D eigenvalue weighted by Crippen LogP contribution is 2.45. The molecule has 0 aromatic carbocycles. The van der Waals surface area contributed by atoms with E-state index in [2.05, 4.69) is 198 Å². The number of carbonyl (C=O) groups excluding carboxylic acids is 4. The Labute approximate surface area is 654 Å². The van der Waals surface area contributed by atoms with Crippen molar-refractivity contribution in [1.82, 2.24) is 0 Å². The molecule has 0 amide bonds. The summed E-state index contributed by atoms with van der Waals surface area (Å²) in [6.45, 7) is 4.38. The molecule has 612 valence electrons. The predicted molar refractivity (Wildman–Crippen MR) is 445 cm³/mol. The standard InChI is InChI=1S/C89H144O17P2/c1-5-9-13-17-21-25-29-33-36-39-41-44-46-50-53-57-61-65-69-73-86(91)99-79-84(105-88(93)75-71-67-63-59-55-49-32-28-24-20-16-12-8-4)81-103-107(95,96)101-77-83(90)78-102-108(97,98)104-82-85(106-89(94)76-72-68-64-60-56-52-48-43-38-35-31-27-23-19-15-11-7-3)80-100-87(92)74-70-66-62-58-54-51-47-45-42-40-37-34-30-26-22-18-14-10-6-2/h9-11,13-15,21-23,25-28,32-38,41-42,44-45,48,50,52-53,60,64,83-85,90H,5-8,12,16-20,24,29-31,39-40,43,46-47,49,51,54-59,61-63,65-82H2,1-4H3,(H,95,96)(H,97,98)/b13-9-,14-10-,15-11-,25-21-,26-22-,27-23-,32-28-,36-33-,37-34-,38-35-,44-41-,45-42-,52-48-,53-50-,64-60-. The van der Waals surface area contributed by atoms with E-state index in [1.807, 2.05) is 12.2 Å². The lowest BCUT2D eigenvalue weighted by atomic mass is 10.1. The molecule has 0 heterocycles. The van der Waals surface area contributed by atoms with Gasteiger partial charge in [-0.25, -0.2) is 9.13 Å². The maximum atomic E-state index is 13.1. The summed E-state index contributed by atoms with van der Waals surface area (Å²) in [5, 5.41) is 10.7. The van der Waals surface area contributed by atoms with Crippen molar-refractivity contribution in [1.29, 1.82) is 0 Å². The fourth-order valence-corrected chi connectivity index (χ4v) is 11.8. The number of ether oxygens (including phenoxy) is 4. The second-order valence-corrected chi connectivity index (χ2v) is 29.5. The second kappa shape index (κ2) is 79.3. The summed E-state index contributed by atoms with van der Waals surface area (Å²) in [4.78, 5) is 73.1. The van der Waals surface area contributed by atoms with Gasteiger partial charge >= 0.3 is 39.5 Å². The number of rotatable bonds is 75. The van der Waals surface area contributed by atoms with Crippen LogP contribution in [0.5, 0.6) is 0 Å². The van der Waals surface area contributed by atoms with Crippen LogP contribution in [0.2, 0.25) is 0 Å². The molecule has 0 fully saturated rings. The SMILES string of the molecule is CC/C=C\C/C=C\C/C=C\C/C=C\C/C=C\CCCCCC(=O)OCC(COP(=O)(O)OCC(O)COP(=O)(O)OCC(COC(=O)CCCCCCCC/C=C\C/C=C\C/C=C\C/C=C\CC)OC(=O)CCC/C=C\C/C=C\C/C=C\C/C=C\C/C=C\CC)OC(=O)CCCCCCC/C=C\CCCCCC. The number of phosphoric ester groups is 2. The largest absolute Gasteiger partial charge is 0.472 e. The van der Waals surface area contributed by atoms with E-state index in [-0.39, 0.29) is 25.7 Å². The summed E-state index contributed by atoms with van der Waals surface area (Å²) in [6, 6.07) is 0. The Morgan fingerprint density at radius 1 is 0.269 bits per heavy atom. The third-order valence-electron chi connectivity index (χ3n) is 16.3. The maximum absolute atomic E-state index is 13.1. The van der Waals surface area contributed by atoms with Gasteiger partial charge in [-0.1, -0.05) is 281 Å². The van der Waals surface area contributed by atoms with Crippen LogP contribution >= 0.6 is 15.6 Å². The molecule has 0 aliphatic rings. The molecule has 108 heavy (non-hydrogen) atoms. The van der Waals surface area contributed by atoms with Gasteiger partial charge in [-0.15, -0.1) is 0 Å². The number of esters is 4. The summed E-state index contributed by atoms with van der Waals surface area (Å²) in [6.07, 6.45) is 95.9. The monoisotopic (exact) mass is 1550 g/mol. The van der Waals surface area contributed by atoms with E-state index in [4.69, 9.17) is 37.0 Å². The Kier molecular flexibility index (Phi) is 75.0. The first-order chi connectivity index (χ1) is 52.7. The van der Waals surface area contributed by atoms with Crippen LogP contribution in [-0.4, -0.2) is 96.7 Å². The molecule has 5 unspecified atom stereocenters. The Morgan fingerprint density at radius 3 is 0.796 bits per heavy atom. The van der Waals surface area contributed by atoms with Crippen molar-refractivity contribution in [3.8, 4) is 0 Å². The normalized spacial score (nSPS) is 14.8. The van der Waals surface area contributed by atoms with Crippen LogP contribution in [0.4, 0.5) is 0 Å². The van der Waals surface area contributed by atoms with Crippen molar-refractivity contribution in [2.45, 2.75) is 316 Å². The van der Waals surface area contributed by atoms with Gasteiger partial charge in [-0.2, -0.15) is 0 Å². The van der Waals surface area contributed by atoms with Gasteiger partial charge in [0.25, 0.3) is 0 Å². The zero-order valence-corrected chi connectivity index (χ0v) is 68.7. The highest BCUT2D eigenvalue weighted by molar-refractivity contribution is 7.47. The molecule has 0 saturated heterocycles. The molecule has 0 spiro atoms. The summed E-state index contributed by atoms with van der Waals surface area (Å²) >= 11 is 0. The van der Waals surface area contributed by atoms with E-state index in [1.165, 1.54) is 25.7 Å². The molecule has 19 heteroatoms. The van der Waals surface area contributed by atoms with Crippen molar-refractivity contribution in [3.63, 3.8) is 0 Å². The number of aliphatic hydroxyl groups excluding tert-OH is 1. The second-order valence-electron chi connectivity index (χ2n) is 26.6. The number of unbranched alkanes of at least 4 members (excludes halogenated alkanes) is 19. The zero-order valence-electron chi connectivity index (χ0n) is 66.9. The molecule has 0 aliphatic carbocycles. The van der Waals surface area contributed by atoms with Crippen LogP contribution < -0.4 is 0 Å². The third kappa shape index (κ3) is 78.3. The van der Waals surface area contributed by atoms with Gasteiger partial charge in [-0.3, -0.25) is 37.3 Å². The Hall–Kier alpha value is -5.84. The number of allylic oxidation sites excluding steroid dienone is 30. The van der Waals surface area contributed by atoms with E-state index in [0.717, 1.165) is 186 Å². The Balaban J connectivity index is 5.47. The van der Waals surface area contributed by atoms with Crippen molar-refractivity contribution in [2.75, 3.05) is 39.6 Å². The first-order valence-corrected chi connectivity index (χ1v) is 44.0. The first kappa shape index (κ1) is 102. The van der Waals surface area contributed by atoms with Crippen molar-refractivity contribution >= 4 is 39.5 Å². The van der Waals surface area contributed by atoms with E-state index in [0.29, 0.717) is 32.1 Å². The molecular weight excluding hydrogens is 1400 g/mol. The minimum absolute atomic E-state index is 0.00573. The highest BCUT2D eigenvalue weighted by atomic mass is 31.2. The Morgan fingerprint density at radius 2 is 0.491 bits per heavy atom. The molecular formula is C89H144O17P2.